The third-order valence-electron chi connectivity index (χ3n) is 4.68. The highest BCUT2D eigenvalue weighted by Crippen LogP contribution is 2.21. The minimum absolute atomic E-state index is 0.382. The molecule has 0 fully saturated rings. The van der Waals surface area contributed by atoms with Gasteiger partial charge in [0.25, 0.3) is 0 Å². The molecule has 0 amide bonds. The fraction of sp³-hybridized carbons (Fsp3) is 0.318. The minimum Gasteiger partial charge on any atom is -0.382 e. The highest BCUT2D eigenvalue weighted by atomic mass is 32.1. The number of para-hydroxylation sites is 1. The second-order valence-corrected chi connectivity index (χ2v) is 7.82. The molecule has 0 unspecified atom stereocenters. The van der Waals surface area contributed by atoms with Crippen molar-refractivity contribution in [2.24, 2.45) is 4.99 Å². The van der Waals surface area contributed by atoms with Gasteiger partial charge in [0.1, 0.15) is 17.5 Å². The number of nitrogens with one attached hydrogen (secondary N) is 2. The third-order valence-corrected chi connectivity index (χ3v) is 5.69. The van der Waals surface area contributed by atoms with Crippen LogP contribution in [-0.2, 0) is 13.0 Å². The van der Waals surface area contributed by atoms with Crippen molar-refractivity contribution in [2.75, 3.05) is 18.8 Å². The summed E-state index contributed by atoms with van der Waals surface area (Å²) in [6.45, 7) is 6.33. The molecule has 0 saturated carbocycles. The number of benzene rings is 1. The molecule has 2 aromatic heterocycles. The Labute approximate surface area is 181 Å². The van der Waals surface area contributed by atoms with E-state index in [1.165, 1.54) is 10.4 Å². The molecule has 30 heavy (non-hydrogen) atoms. The van der Waals surface area contributed by atoms with E-state index in [1.54, 1.807) is 16.0 Å². The molecule has 3 aromatic rings. The largest absolute Gasteiger partial charge is 0.382 e. The van der Waals surface area contributed by atoms with E-state index in [2.05, 4.69) is 45.2 Å². The first-order valence-corrected chi connectivity index (χ1v) is 10.9. The van der Waals surface area contributed by atoms with Crippen molar-refractivity contribution in [3.63, 3.8) is 0 Å². The topological polar surface area (TPSA) is 104 Å². The third kappa shape index (κ3) is 5.19. The second-order valence-electron chi connectivity index (χ2n) is 6.82. The molecule has 0 bridgehead atoms. The van der Waals surface area contributed by atoms with Crippen LogP contribution >= 0.6 is 11.3 Å². The van der Waals surface area contributed by atoms with Crippen molar-refractivity contribution in [2.45, 2.75) is 33.2 Å². The molecule has 4 N–H and O–H groups in total. The fourth-order valence-corrected chi connectivity index (χ4v) is 3.89. The van der Waals surface area contributed by atoms with Crippen molar-refractivity contribution in [1.29, 1.82) is 5.26 Å². The van der Waals surface area contributed by atoms with Crippen LogP contribution in [0.3, 0.4) is 0 Å². The predicted molar refractivity (Wildman–Crippen MR) is 123 cm³/mol. The van der Waals surface area contributed by atoms with Gasteiger partial charge in [-0.2, -0.15) is 10.4 Å². The van der Waals surface area contributed by atoms with Gasteiger partial charge in [0.2, 0.25) is 0 Å². The lowest BCUT2D eigenvalue weighted by Gasteiger charge is -2.11. The number of anilines is 1. The number of guanidine groups is 1. The zero-order valence-electron chi connectivity index (χ0n) is 17.4. The first-order chi connectivity index (χ1) is 14.6. The molecule has 2 heterocycles. The number of hydrogen-bond acceptors (Lipinski definition) is 5. The van der Waals surface area contributed by atoms with Gasteiger partial charge in [0.05, 0.1) is 17.9 Å². The van der Waals surface area contributed by atoms with E-state index in [0.29, 0.717) is 24.3 Å². The zero-order valence-corrected chi connectivity index (χ0v) is 18.2. The molecule has 7 nitrogen and oxygen atoms in total. The number of hydrogen-bond donors (Lipinski definition) is 3. The van der Waals surface area contributed by atoms with E-state index >= 15 is 0 Å². The van der Waals surface area contributed by atoms with Gasteiger partial charge in [-0.15, -0.1) is 11.3 Å². The Morgan fingerprint density at radius 3 is 2.73 bits per heavy atom. The second kappa shape index (κ2) is 10.5. The van der Waals surface area contributed by atoms with E-state index in [1.807, 2.05) is 37.3 Å². The number of aromatic nitrogens is 2. The Morgan fingerprint density at radius 1 is 1.27 bits per heavy atom. The Bertz CT molecular complexity index is 1030. The molecule has 156 valence electrons. The van der Waals surface area contributed by atoms with Crippen LogP contribution < -0.4 is 16.4 Å². The fourth-order valence-electron chi connectivity index (χ4n) is 3.06. The summed E-state index contributed by atoms with van der Waals surface area (Å²) in [5.41, 5.74) is 9.46. The number of aliphatic imine (C=N–C) groups is 1. The summed E-state index contributed by atoms with van der Waals surface area (Å²) in [7, 11) is 0. The van der Waals surface area contributed by atoms with E-state index in [-0.39, 0.29) is 0 Å². The van der Waals surface area contributed by atoms with Gasteiger partial charge in [-0.3, -0.25) is 0 Å². The van der Waals surface area contributed by atoms with Crippen molar-refractivity contribution < 1.29 is 0 Å². The van der Waals surface area contributed by atoms with E-state index in [0.717, 1.165) is 36.9 Å². The summed E-state index contributed by atoms with van der Waals surface area (Å²) in [4.78, 5) is 5.94. The van der Waals surface area contributed by atoms with Crippen LogP contribution in [0, 0.1) is 18.3 Å². The lowest BCUT2D eigenvalue weighted by atomic mass is 10.1. The van der Waals surface area contributed by atoms with Crippen molar-refractivity contribution in [3.8, 4) is 11.8 Å². The van der Waals surface area contributed by atoms with Gasteiger partial charge in [0.15, 0.2) is 5.96 Å². The normalized spacial score (nSPS) is 11.3. The van der Waals surface area contributed by atoms with Gasteiger partial charge in [-0.1, -0.05) is 18.2 Å². The lowest BCUT2D eigenvalue weighted by Crippen LogP contribution is -2.37. The van der Waals surface area contributed by atoms with E-state index in [9.17, 15) is 5.26 Å². The summed E-state index contributed by atoms with van der Waals surface area (Å²) < 4.78 is 1.64. The van der Waals surface area contributed by atoms with Gasteiger partial charge < -0.3 is 16.4 Å². The highest BCUT2D eigenvalue weighted by Gasteiger charge is 2.16. The maximum atomic E-state index is 9.53. The maximum Gasteiger partial charge on any atom is 0.191 e. The molecule has 0 aliphatic carbocycles. The number of thiophene rings is 1. The van der Waals surface area contributed by atoms with Crippen LogP contribution in [0.1, 0.15) is 35.0 Å². The molecule has 0 aliphatic heterocycles. The van der Waals surface area contributed by atoms with E-state index in [4.69, 9.17) is 5.73 Å². The molecule has 0 saturated heterocycles. The smallest absolute Gasteiger partial charge is 0.191 e. The standard InChI is InChI=1S/C22H27N7S/c1-3-25-22(27-15-20-16(2)11-13-30-20)26-12-7-10-19-18(14-23)21(24)29(28-19)17-8-5-4-6-9-17/h4-6,8-9,11,13H,3,7,10,12,15,24H2,1-2H3,(H2,25,26,27). The number of nitriles is 1. The Balaban J connectivity index is 1.60. The Kier molecular flexibility index (Phi) is 7.46. The summed E-state index contributed by atoms with van der Waals surface area (Å²) in [6, 6.07) is 13.9. The average molecular weight is 422 g/mol. The summed E-state index contributed by atoms with van der Waals surface area (Å²) in [6.07, 6.45) is 1.46. The summed E-state index contributed by atoms with van der Waals surface area (Å²) >= 11 is 1.73. The number of nitrogen functional groups attached to an aromatic ring is 1. The first kappa shape index (κ1) is 21.4. The molecule has 8 heteroatoms. The molecule has 0 aliphatic rings. The molecule has 0 radical (unpaired) electrons. The van der Waals surface area contributed by atoms with Crippen LogP contribution in [-0.4, -0.2) is 28.8 Å². The molecule has 0 atom stereocenters. The van der Waals surface area contributed by atoms with Crippen molar-refractivity contribution in [1.82, 2.24) is 20.4 Å². The van der Waals surface area contributed by atoms with Gasteiger partial charge >= 0.3 is 0 Å². The van der Waals surface area contributed by atoms with Gasteiger partial charge in [0, 0.05) is 18.0 Å². The molecular formula is C22H27N7S. The van der Waals surface area contributed by atoms with Crippen molar-refractivity contribution >= 4 is 23.1 Å². The Hall–Kier alpha value is -3.31. The van der Waals surface area contributed by atoms with E-state index < -0.39 is 0 Å². The number of nitrogens with zero attached hydrogens (tertiary/aromatic N) is 4. The van der Waals surface area contributed by atoms with Crippen molar-refractivity contribution in [3.05, 3.63) is 63.5 Å². The van der Waals surface area contributed by atoms with Crippen LogP contribution in [0.5, 0.6) is 0 Å². The number of aryl methyl sites for hydroxylation is 2. The molecule has 3 rings (SSSR count). The summed E-state index contributed by atoms with van der Waals surface area (Å²) in [5.74, 6) is 1.17. The number of rotatable bonds is 8. The molecule has 1 aromatic carbocycles. The van der Waals surface area contributed by atoms with Crippen LogP contribution in [0.2, 0.25) is 0 Å². The quantitative estimate of drug-likeness (QED) is 0.294. The van der Waals surface area contributed by atoms with Crippen LogP contribution in [0.4, 0.5) is 5.82 Å². The zero-order chi connectivity index (χ0) is 21.3. The van der Waals surface area contributed by atoms with Gasteiger partial charge in [-0.05, 0) is 55.8 Å². The van der Waals surface area contributed by atoms with Crippen LogP contribution in [0.15, 0.2) is 46.8 Å². The first-order valence-electron chi connectivity index (χ1n) is 10.0. The average Bonchev–Trinajstić information content (AvgIpc) is 3.32. The summed E-state index contributed by atoms with van der Waals surface area (Å²) in [5, 5.41) is 22.8. The molecular weight excluding hydrogens is 394 g/mol. The lowest BCUT2D eigenvalue weighted by molar-refractivity contribution is 0.723. The molecule has 0 spiro atoms. The van der Waals surface area contributed by atoms with Gasteiger partial charge in [-0.25, -0.2) is 9.67 Å². The maximum absolute atomic E-state index is 9.53. The SMILES string of the molecule is CCNC(=NCc1sccc1C)NCCCc1nn(-c2ccccc2)c(N)c1C#N. The number of nitrogens with two attached hydrogens (primary N) is 1. The van der Waals surface area contributed by atoms with Crippen LogP contribution in [0.25, 0.3) is 5.69 Å². The minimum atomic E-state index is 0.382. The predicted octanol–water partition coefficient (Wildman–Crippen LogP) is 3.38. The Morgan fingerprint density at radius 2 is 2.07 bits per heavy atom. The monoisotopic (exact) mass is 421 g/mol. The highest BCUT2D eigenvalue weighted by molar-refractivity contribution is 7.10.